The lowest BCUT2D eigenvalue weighted by Crippen LogP contribution is -2.28. The van der Waals surface area contributed by atoms with Crippen molar-refractivity contribution in [2.75, 3.05) is 5.32 Å². The molecule has 0 radical (unpaired) electrons. The van der Waals surface area contributed by atoms with E-state index in [-0.39, 0.29) is 23.6 Å². The first kappa shape index (κ1) is 12.6. The Bertz CT molecular complexity index is 442. The van der Waals surface area contributed by atoms with Crippen molar-refractivity contribution in [2.24, 2.45) is 0 Å². The molecule has 6 nitrogen and oxygen atoms in total. The highest BCUT2D eigenvalue weighted by Crippen LogP contribution is 2.31. The summed E-state index contributed by atoms with van der Waals surface area (Å²) in [5.41, 5.74) is 0.292. The summed E-state index contributed by atoms with van der Waals surface area (Å²) in [7, 11) is 0. The molecule has 0 heterocycles. The van der Waals surface area contributed by atoms with E-state index in [4.69, 9.17) is 0 Å². The summed E-state index contributed by atoms with van der Waals surface area (Å²) in [6.07, 6.45) is 2.75. The molecule has 0 saturated heterocycles. The molecule has 0 amide bonds. The summed E-state index contributed by atoms with van der Waals surface area (Å²) in [4.78, 5) is 10.4. The zero-order valence-electron chi connectivity index (χ0n) is 9.87. The number of anilines is 1. The number of aliphatic hydroxyl groups excluding tert-OH is 1. The van der Waals surface area contributed by atoms with Crippen LogP contribution in [-0.4, -0.2) is 27.3 Å². The molecule has 0 unspecified atom stereocenters. The highest BCUT2D eigenvalue weighted by Gasteiger charge is 2.22. The molecule has 1 aromatic rings. The number of phenolic OH excluding ortho intramolecular Hbond substituents is 1. The Hall–Kier alpha value is -1.82. The first-order valence-corrected chi connectivity index (χ1v) is 5.98. The van der Waals surface area contributed by atoms with Gasteiger partial charge in [-0.3, -0.25) is 10.1 Å². The van der Waals surface area contributed by atoms with Gasteiger partial charge in [0.05, 0.1) is 17.1 Å². The molecule has 3 N–H and O–H groups in total. The Labute approximate surface area is 104 Å². The Kier molecular flexibility index (Phi) is 3.66. The zero-order valence-corrected chi connectivity index (χ0v) is 9.87. The van der Waals surface area contributed by atoms with Crippen molar-refractivity contribution < 1.29 is 15.1 Å². The Morgan fingerprint density at radius 1 is 1.28 bits per heavy atom. The lowest BCUT2D eigenvalue weighted by molar-refractivity contribution is -0.384. The number of rotatable bonds is 3. The molecule has 98 valence electrons. The first-order valence-electron chi connectivity index (χ1n) is 5.98. The fraction of sp³-hybridized carbons (Fsp3) is 0.500. The maximum absolute atomic E-state index is 10.9. The maximum atomic E-state index is 10.9. The van der Waals surface area contributed by atoms with E-state index in [0.29, 0.717) is 18.5 Å². The minimum Gasteiger partial charge on any atom is -0.508 e. The third-order valence-electron chi connectivity index (χ3n) is 3.23. The fourth-order valence-electron chi connectivity index (χ4n) is 2.23. The van der Waals surface area contributed by atoms with E-state index in [1.165, 1.54) is 12.1 Å². The van der Waals surface area contributed by atoms with E-state index >= 15 is 0 Å². The van der Waals surface area contributed by atoms with Crippen LogP contribution in [0.25, 0.3) is 0 Å². The number of hydrogen-bond acceptors (Lipinski definition) is 5. The number of aliphatic hydroxyl groups is 1. The number of nitrogens with one attached hydrogen (secondary N) is 1. The minimum absolute atomic E-state index is 0.119. The highest BCUT2D eigenvalue weighted by atomic mass is 16.6. The third kappa shape index (κ3) is 2.89. The lowest BCUT2D eigenvalue weighted by atomic mass is 9.93. The molecule has 1 fully saturated rings. The van der Waals surface area contributed by atoms with Crippen LogP contribution in [0.2, 0.25) is 0 Å². The Morgan fingerprint density at radius 2 is 1.94 bits per heavy atom. The molecular weight excluding hydrogens is 236 g/mol. The van der Waals surface area contributed by atoms with E-state index < -0.39 is 4.92 Å². The van der Waals surface area contributed by atoms with Crippen LogP contribution in [0.1, 0.15) is 25.7 Å². The van der Waals surface area contributed by atoms with E-state index in [1.54, 1.807) is 0 Å². The van der Waals surface area contributed by atoms with Crippen LogP contribution in [0.3, 0.4) is 0 Å². The standard InChI is InChI=1S/C12H16N2O4/c15-9-3-1-8(2-4-9)13-11-6-5-10(16)7-12(11)14(17)18/h5-9,13,15-16H,1-4H2. The van der Waals surface area contributed by atoms with Gasteiger partial charge in [-0.15, -0.1) is 0 Å². The van der Waals surface area contributed by atoms with E-state index in [0.717, 1.165) is 18.9 Å². The van der Waals surface area contributed by atoms with Crippen LogP contribution in [-0.2, 0) is 0 Å². The van der Waals surface area contributed by atoms with Gasteiger partial charge in [-0.2, -0.15) is 0 Å². The topological polar surface area (TPSA) is 95.6 Å². The molecule has 0 bridgehead atoms. The van der Waals surface area contributed by atoms with Crippen LogP contribution in [0.4, 0.5) is 11.4 Å². The summed E-state index contributed by atoms with van der Waals surface area (Å²) >= 11 is 0. The van der Waals surface area contributed by atoms with Crippen molar-refractivity contribution >= 4 is 11.4 Å². The van der Waals surface area contributed by atoms with E-state index in [2.05, 4.69) is 5.32 Å². The van der Waals surface area contributed by atoms with Crippen LogP contribution < -0.4 is 5.32 Å². The smallest absolute Gasteiger partial charge is 0.296 e. The van der Waals surface area contributed by atoms with Crippen LogP contribution in [0, 0.1) is 10.1 Å². The molecule has 0 aliphatic heterocycles. The van der Waals surface area contributed by atoms with Gasteiger partial charge < -0.3 is 15.5 Å². The number of benzene rings is 1. The molecule has 0 aromatic heterocycles. The monoisotopic (exact) mass is 252 g/mol. The van der Waals surface area contributed by atoms with Crippen LogP contribution in [0.15, 0.2) is 18.2 Å². The molecule has 2 rings (SSSR count). The van der Waals surface area contributed by atoms with Crippen LogP contribution in [0.5, 0.6) is 5.75 Å². The van der Waals surface area contributed by atoms with Gasteiger partial charge in [-0.1, -0.05) is 0 Å². The average molecular weight is 252 g/mol. The summed E-state index contributed by atoms with van der Waals surface area (Å²) in [5, 5.41) is 32.7. The Morgan fingerprint density at radius 3 is 2.56 bits per heavy atom. The average Bonchev–Trinajstić information content (AvgIpc) is 2.34. The first-order chi connectivity index (χ1) is 8.56. The molecule has 0 spiro atoms. The summed E-state index contributed by atoms with van der Waals surface area (Å²) < 4.78 is 0. The largest absolute Gasteiger partial charge is 0.508 e. The summed E-state index contributed by atoms with van der Waals surface area (Å²) in [6, 6.07) is 4.21. The predicted octanol–water partition coefficient (Wildman–Crippen LogP) is 2.02. The molecular formula is C12H16N2O4. The van der Waals surface area contributed by atoms with Crippen molar-refractivity contribution in [3.63, 3.8) is 0 Å². The van der Waals surface area contributed by atoms with Gasteiger partial charge in [0.15, 0.2) is 0 Å². The maximum Gasteiger partial charge on any atom is 0.296 e. The lowest BCUT2D eigenvalue weighted by Gasteiger charge is -2.26. The van der Waals surface area contributed by atoms with E-state index in [9.17, 15) is 20.3 Å². The van der Waals surface area contributed by atoms with Crippen LogP contribution >= 0.6 is 0 Å². The van der Waals surface area contributed by atoms with Gasteiger partial charge >= 0.3 is 0 Å². The zero-order chi connectivity index (χ0) is 13.1. The molecule has 1 aromatic carbocycles. The summed E-state index contributed by atoms with van der Waals surface area (Å²) in [6.45, 7) is 0. The normalized spacial score (nSPS) is 23.6. The number of nitro benzene ring substituents is 1. The SMILES string of the molecule is O=[N+]([O-])c1cc(O)ccc1NC1CCC(O)CC1. The number of aromatic hydroxyl groups is 1. The highest BCUT2D eigenvalue weighted by molar-refractivity contribution is 5.64. The number of phenols is 1. The van der Waals surface area contributed by atoms with Crippen molar-refractivity contribution in [2.45, 2.75) is 37.8 Å². The third-order valence-corrected chi connectivity index (χ3v) is 3.23. The number of nitro groups is 1. The van der Waals surface area contributed by atoms with Gasteiger partial charge in [0.1, 0.15) is 11.4 Å². The molecule has 1 aliphatic rings. The molecule has 18 heavy (non-hydrogen) atoms. The predicted molar refractivity (Wildman–Crippen MR) is 66.6 cm³/mol. The van der Waals surface area contributed by atoms with E-state index in [1.807, 2.05) is 0 Å². The van der Waals surface area contributed by atoms with Gasteiger partial charge in [0.25, 0.3) is 5.69 Å². The molecule has 0 atom stereocenters. The Balaban J connectivity index is 2.11. The molecule has 1 aliphatic carbocycles. The number of nitrogens with zero attached hydrogens (tertiary/aromatic N) is 1. The number of hydrogen-bond donors (Lipinski definition) is 3. The molecule has 6 heteroatoms. The fourth-order valence-corrected chi connectivity index (χ4v) is 2.23. The summed E-state index contributed by atoms with van der Waals surface area (Å²) in [5.74, 6) is -0.119. The second-order valence-corrected chi connectivity index (χ2v) is 4.61. The van der Waals surface area contributed by atoms with Crippen molar-refractivity contribution in [1.29, 1.82) is 0 Å². The van der Waals surface area contributed by atoms with Gasteiger partial charge in [-0.05, 0) is 37.8 Å². The van der Waals surface area contributed by atoms with Gasteiger partial charge in [0.2, 0.25) is 0 Å². The van der Waals surface area contributed by atoms with Crippen molar-refractivity contribution in [3.05, 3.63) is 28.3 Å². The van der Waals surface area contributed by atoms with Gasteiger partial charge in [-0.25, -0.2) is 0 Å². The second kappa shape index (κ2) is 5.22. The van der Waals surface area contributed by atoms with Crippen molar-refractivity contribution in [1.82, 2.24) is 0 Å². The minimum atomic E-state index is -0.514. The van der Waals surface area contributed by atoms with Gasteiger partial charge in [0, 0.05) is 6.04 Å². The molecule has 1 saturated carbocycles. The quantitative estimate of drug-likeness (QED) is 0.434. The second-order valence-electron chi connectivity index (χ2n) is 4.61. The van der Waals surface area contributed by atoms with Crippen molar-refractivity contribution in [3.8, 4) is 5.75 Å².